The number of anilines is 2. The van der Waals surface area contributed by atoms with Crippen molar-refractivity contribution in [1.29, 1.82) is 0 Å². The second kappa shape index (κ2) is 8.22. The summed E-state index contributed by atoms with van der Waals surface area (Å²) in [6, 6.07) is 13.5. The quantitative estimate of drug-likeness (QED) is 0.798. The van der Waals surface area contributed by atoms with E-state index in [0.29, 0.717) is 16.4 Å². The zero-order valence-electron chi connectivity index (χ0n) is 14.8. The number of carbonyl (C=O) groups is 3. The number of hydrogen-bond acceptors (Lipinski definition) is 4. The number of benzene rings is 2. The van der Waals surface area contributed by atoms with E-state index in [0.717, 1.165) is 0 Å². The van der Waals surface area contributed by atoms with Crippen LogP contribution in [0.5, 0.6) is 0 Å². The number of ether oxygens (including phenoxy) is 1. The highest BCUT2D eigenvalue weighted by Crippen LogP contribution is 2.27. The van der Waals surface area contributed by atoms with Gasteiger partial charge in [-0.1, -0.05) is 23.7 Å². The minimum absolute atomic E-state index is 0.107. The maximum absolute atomic E-state index is 12.7. The van der Waals surface area contributed by atoms with Gasteiger partial charge in [0.2, 0.25) is 11.8 Å². The van der Waals surface area contributed by atoms with Crippen molar-refractivity contribution in [3.63, 3.8) is 0 Å². The van der Waals surface area contributed by atoms with Gasteiger partial charge in [0.15, 0.2) is 0 Å². The molecule has 0 unspecified atom stereocenters. The van der Waals surface area contributed by atoms with Crippen LogP contribution in [0.3, 0.4) is 0 Å². The average molecular weight is 387 g/mol. The van der Waals surface area contributed by atoms with E-state index in [4.69, 9.17) is 16.3 Å². The number of halogens is 1. The third-order valence-electron chi connectivity index (χ3n) is 4.31. The molecule has 1 atom stereocenters. The van der Waals surface area contributed by atoms with Crippen molar-refractivity contribution in [3.8, 4) is 0 Å². The SMILES string of the molecule is CCOC(=O)c1ccccc1NC(=O)[C@@H]1CC(=O)N(c2ccc(Cl)cc2)C1. The standard InChI is InChI=1S/C20H19ClN2O4/c1-2-27-20(26)16-5-3-4-6-17(16)22-19(25)13-11-18(24)23(12-13)15-9-7-14(21)8-10-15/h3-10,13H,2,11-12H2,1H3,(H,22,25)/t13-/m1/s1. The molecule has 7 heteroatoms. The van der Waals surface area contributed by atoms with Gasteiger partial charge in [0.05, 0.1) is 23.8 Å². The first-order chi connectivity index (χ1) is 13.0. The molecule has 2 amide bonds. The van der Waals surface area contributed by atoms with Crippen LogP contribution in [0.4, 0.5) is 11.4 Å². The molecule has 0 aliphatic carbocycles. The largest absolute Gasteiger partial charge is 0.462 e. The molecule has 3 rings (SSSR count). The van der Waals surface area contributed by atoms with Crippen LogP contribution < -0.4 is 10.2 Å². The van der Waals surface area contributed by atoms with Crippen LogP contribution in [-0.4, -0.2) is 30.9 Å². The molecule has 1 fully saturated rings. The number of nitrogens with one attached hydrogen (secondary N) is 1. The number of nitrogens with zero attached hydrogens (tertiary/aromatic N) is 1. The Morgan fingerprint density at radius 2 is 1.89 bits per heavy atom. The monoisotopic (exact) mass is 386 g/mol. The Labute approximate surface area is 162 Å². The van der Waals surface area contributed by atoms with Gasteiger partial charge in [0.1, 0.15) is 0 Å². The molecule has 1 aliphatic heterocycles. The van der Waals surface area contributed by atoms with Gasteiger partial charge in [-0.05, 0) is 43.3 Å². The first-order valence-electron chi connectivity index (χ1n) is 8.62. The van der Waals surface area contributed by atoms with E-state index in [9.17, 15) is 14.4 Å². The van der Waals surface area contributed by atoms with Crippen molar-refractivity contribution in [2.24, 2.45) is 5.92 Å². The molecule has 1 aliphatic rings. The Balaban J connectivity index is 1.72. The molecule has 0 saturated carbocycles. The predicted octanol–water partition coefficient (Wildman–Crippen LogP) is 3.51. The van der Waals surface area contributed by atoms with Crippen molar-refractivity contribution >= 4 is 40.8 Å². The second-order valence-corrected chi connectivity index (χ2v) is 6.57. The molecule has 27 heavy (non-hydrogen) atoms. The van der Waals surface area contributed by atoms with Crippen molar-refractivity contribution in [3.05, 3.63) is 59.1 Å². The van der Waals surface area contributed by atoms with Gasteiger partial charge in [-0.2, -0.15) is 0 Å². The summed E-state index contributed by atoms with van der Waals surface area (Å²) >= 11 is 5.88. The van der Waals surface area contributed by atoms with Crippen molar-refractivity contribution < 1.29 is 19.1 Å². The first-order valence-corrected chi connectivity index (χ1v) is 9.00. The maximum atomic E-state index is 12.7. The number of carbonyl (C=O) groups excluding carboxylic acids is 3. The number of hydrogen-bond donors (Lipinski definition) is 1. The summed E-state index contributed by atoms with van der Waals surface area (Å²) in [7, 11) is 0. The van der Waals surface area contributed by atoms with E-state index in [1.165, 1.54) is 0 Å². The van der Waals surface area contributed by atoms with Crippen LogP contribution in [0, 0.1) is 5.92 Å². The summed E-state index contributed by atoms with van der Waals surface area (Å²) in [6.07, 6.45) is 0.107. The Kier molecular flexibility index (Phi) is 5.76. The van der Waals surface area contributed by atoms with Crippen LogP contribution >= 0.6 is 11.6 Å². The molecule has 0 spiro atoms. The van der Waals surface area contributed by atoms with Gasteiger partial charge in [-0.15, -0.1) is 0 Å². The van der Waals surface area contributed by atoms with E-state index < -0.39 is 11.9 Å². The second-order valence-electron chi connectivity index (χ2n) is 6.14. The van der Waals surface area contributed by atoms with Crippen LogP contribution in [-0.2, 0) is 14.3 Å². The summed E-state index contributed by atoms with van der Waals surface area (Å²) in [4.78, 5) is 38.6. The molecule has 1 heterocycles. The van der Waals surface area contributed by atoms with Gasteiger partial charge in [-0.3, -0.25) is 9.59 Å². The van der Waals surface area contributed by atoms with E-state index in [-0.39, 0.29) is 37.0 Å². The van der Waals surface area contributed by atoms with E-state index in [1.54, 1.807) is 60.4 Å². The fourth-order valence-corrected chi connectivity index (χ4v) is 3.09. The Bertz CT molecular complexity index is 867. The zero-order valence-corrected chi connectivity index (χ0v) is 15.5. The molecule has 6 nitrogen and oxygen atoms in total. The van der Waals surface area contributed by atoms with Crippen molar-refractivity contribution in [2.75, 3.05) is 23.4 Å². The van der Waals surface area contributed by atoms with Gasteiger partial charge < -0.3 is 15.0 Å². The molecule has 1 N–H and O–H groups in total. The first kappa shape index (κ1) is 18.9. The lowest BCUT2D eigenvalue weighted by Crippen LogP contribution is -2.28. The lowest BCUT2D eigenvalue weighted by molar-refractivity contribution is -0.122. The van der Waals surface area contributed by atoms with E-state index >= 15 is 0 Å². The average Bonchev–Trinajstić information content (AvgIpc) is 3.05. The van der Waals surface area contributed by atoms with Gasteiger partial charge in [-0.25, -0.2) is 4.79 Å². The van der Waals surface area contributed by atoms with E-state index in [2.05, 4.69) is 5.32 Å². The third-order valence-corrected chi connectivity index (χ3v) is 4.57. The third kappa shape index (κ3) is 4.28. The lowest BCUT2D eigenvalue weighted by Gasteiger charge is -2.17. The normalized spacial score (nSPS) is 16.3. The van der Waals surface area contributed by atoms with Gasteiger partial charge in [0.25, 0.3) is 0 Å². The minimum atomic E-state index is -0.511. The highest BCUT2D eigenvalue weighted by Gasteiger charge is 2.35. The van der Waals surface area contributed by atoms with Gasteiger partial charge >= 0.3 is 5.97 Å². The molecule has 0 radical (unpaired) electrons. The number of rotatable bonds is 5. The Morgan fingerprint density at radius 3 is 2.59 bits per heavy atom. The smallest absolute Gasteiger partial charge is 0.340 e. The van der Waals surface area contributed by atoms with Crippen LogP contribution in [0.2, 0.25) is 5.02 Å². The summed E-state index contributed by atoms with van der Waals surface area (Å²) in [5.41, 5.74) is 1.36. The molecule has 0 bridgehead atoms. The summed E-state index contributed by atoms with van der Waals surface area (Å²) in [5.74, 6) is -1.45. The van der Waals surface area contributed by atoms with Crippen molar-refractivity contribution in [2.45, 2.75) is 13.3 Å². The topological polar surface area (TPSA) is 75.7 Å². The van der Waals surface area contributed by atoms with Crippen molar-refractivity contribution in [1.82, 2.24) is 0 Å². The molecule has 140 valence electrons. The zero-order chi connectivity index (χ0) is 19.4. The fraction of sp³-hybridized carbons (Fsp3) is 0.250. The minimum Gasteiger partial charge on any atom is -0.462 e. The Hall–Kier alpha value is -2.86. The fourth-order valence-electron chi connectivity index (χ4n) is 2.97. The van der Waals surface area contributed by atoms with Gasteiger partial charge in [0, 0.05) is 23.7 Å². The number of para-hydroxylation sites is 1. The molecule has 1 saturated heterocycles. The summed E-state index contributed by atoms with van der Waals surface area (Å²) in [5, 5.41) is 3.33. The van der Waals surface area contributed by atoms with Crippen LogP contribution in [0.15, 0.2) is 48.5 Å². The van der Waals surface area contributed by atoms with E-state index in [1.807, 2.05) is 0 Å². The summed E-state index contributed by atoms with van der Waals surface area (Å²) in [6.45, 7) is 2.23. The molecular formula is C20H19ClN2O4. The molecule has 2 aromatic rings. The maximum Gasteiger partial charge on any atom is 0.340 e. The van der Waals surface area contributed by atoms with Crippen LogP contribution in [0.25, 0.3) is 0 Å². The highest BCUT2D eigenvalue weighted by atomic mass is 35.5. The molecule has 2 aromatic carbocycles. The number of amides is 2. The van der Waals surface area contributed by atoms with Crippen LogP contribution in [0.1, 0.15) is 23.7 Å². The Morgan fingerprint density at radius 1 is 1.19 bits per heavy atom. The highest BCUT2D eigenvalue weighted by molar-refractivity contribution is 6.30. The predicted molar refractivity (Wildman–Crippen MR) is 103 cm³/mol. The summed E-state index contributed by atoms with van der Waals surface area (Å²) < 4.78 is 5.01. The lowest BCUT2D eigenvalue weighted by atomic mass is 10.1. The molecular weight excluding hydrogens is 368 g/mol. The number of esters is 1. The molecule has 0 aromatic heterocycles.